The van der Waals surface area contributed by atoms with Crippen LogP contribution in [0.2, 0.25) is 0 Å². The molecule has 0 amide bonds. The molecule has 0 aromatic rings. The molecule has 0 unspecified atom stereocenters. The van der Waals surface area contributed by atoms with E-state index >= 15 is 0 Å². The molecule has 0 aromatic carbocycles. The van der Waals surface area contributed by atoms with Gasteiger partial charge in [-0.2, -0.15) is 0 Å². The Kier molecular flexibility index (Phi) is 6.16. The van der Waals surface area contributed by atoms with Crippen molar-refractivity contribution in [2.45, 2.75) is 32.4 Å². The van der Waals surface area contributed by atoms with Crippen molar-refractivity contribution in [3.8, 4) is 0 Å². The number of aliphatic hydroxyl groups excluding tert-OH is 1. The SMILES string of the molecule is C/C=C/C[C@H](C)[C@@H](O)[C@H](NC)C(=O)O. The summed E-state index contributed by atoms with van der Waals surface area (Å²) in [7, 11) is 1.53. The van der Waals surface area contributed by atoms with Gasteiger partial charge in [-0.25, -0.2) is 0 Å². The highest BCUT2D eigenvalue weighted by atomic mass is 16.4. The largest absolute Gasteiger partial charge is 0.480 e. The number of hydrogen-bond acceptors (Lipinski definition) is 3. The number of likely N-dealkylation sites (N-methyl/N-ethyl adjacent to an activating group) is 1. The third-order valence-corrected chi connectivity index (χ3v) is 2.25. The zero-order valence-corrected chi connectivity index (χ0v) is 8.90. The number of aliphatic hydroxyl groups is 1. The molecule has 0 heterocycles. The first kappa shape index (κ1) is 13.1. The van der Waals surface area contributed by atoms with Crippen molar-refractivity contribution >= 4 is 5.97 Å². The lowest BCUT2D eigenvalue weighted by atomic mass is 9.95. The molecule has 0 aromatic heterocycles. The van der Waals surface area contributed by atoms with E-state index in [4.69, 9.17) is 5.11 Å². The lowest BCUT2D eigenvalue weighted by molar-refractivity contribution is -0.143. The van der Waals surface area contributed by atoms with Gasteiger partial charge in [0.2, 0.25) is 0 Å². The van der Waals surface area contributed by atoms with Crippen LogP contribution >= 0.6 is 0 Å². The van der Waals surface area contributed by atoms with Crippen molar-refractivity contribution in [3.05, 3.63) is 12.2 Å². The van der Waals surface area contributed by atoms with Crippen LogP contribution in [0.4, 0.5) is 0 Å². The summed E-state index contributed by atoms with van der Waals surface area (Å²) in [5.41, 5.74) is 0. The second-order valence-corrected chi connectivity index (χ2v) is 3.38. The maximum absolute atomic E-state index is 10.7. The molecule has 3 atom stereocenters. The van der Waals surface area contributed by atoms with Gasteiger partial charge in [0.1, 0.15) is 6.04 Å². The topological polar surface area (TPSA) is 69.6 Å². The van der Waals surface area contributed by atoms with Gasteiger partial charge in [-0.15, -0.1) is 0 Å². The van der Waals surface area contributed by atoms with Crippen LogP contribution in [-0.4, -0.2) is 35.4 Å². The van der Waals surface area contributed by atoms with Gasteiger partial charge in [-0.3, -0.25) is 4.79 Å². The number of carboxylic acid groups (broad SMARTS) is 1. The Balaban J connectivity index is 4.26. The first-order chi connectivity index (χ1) is 6.54. The normalized spacial score (nSPS) is 18.0. The van der Waals surface area contributed by atoms with Crippen molar-refractivity contribution in [3.63, 3.8) is 0 Å². The first-order valence-electron chi connectivity index (χ1n) is 4.73. The van der Waals surface area contributed by atoms with Crippen LogP contribution in [0.3, 0.4) is 0 Å². The van der Waals surface area contributed by atoms with Crippen LogP contribution in [0, 0.1) is 5.92 Å². The molecule has 0 bridgehead atoms. The molecule has 0 fully saturated rings. The van der Waals surface area contributed by atoms with Gasteiger partial charge in [0.25, 0.3) is 0 Å². The minimum absolute atomic E-state index is 0.0697. The summed E-state index contributed by atoms with van der Waals surface area (Å²) in [4.78, 5) is 10.7. The van der Waals surface area contributed by atoms with E-state index in [0.29, 0.717) is 6.42 Å². The highest BCUT2D eigenvalue weighted by Crippen LogP contribution is 2.12. The molecule has 4 heteroatoms. The Hall–Kier alpha value is -0.870. The van der Waals surface area contributed by atoms with Crippen molar-refractivity contribution in [1.82, 2.24) is 5.32 Å². The second-order valence-electron chi connectivity index (χ2n) is 3.38. The molecule has 0 spiro atoms. The first-order valence-corrected chi connectivity index (χ1v) is 4.73. The number of aliphatic carboxylic acids is 1. The van der Waals surface area contributed by atoms with E-state index in [0.717, 1.165) is 0 Å². The third-order valence-electron chi connectivity index (χ3n) is 2.25. The summed E-state index contributed by atoms with van der Waals surface area (Å²) < 4.78 is 0. The summed E-state index contributed by atoms with van der Waals surface area (Å²) in [6.45, 7) is 3.73. The minimum atomic E-state index is -1.02. The van der Waals surface area contributed by atoms with Crippen molar-refractivity contribution < 1.29 is 15.0 Å². The third kappa shape index (κ3) is 3.89. The predicted octanol–water partition coefficient (Wildman–Crippen LogP) is 0.622. The molecular formula is C10H19NO3. The van der Waals surface area contributed by atoms with E-state index in [-0.39, 0.29) is 5.92 Å². The highest BCUT2D eigenvalue weighted by molar-refractivity contribution is 5.74. The summed E-state index contributed by atoms with van der Waals surface area (Å²) >= 11 is 0. The lowest BCUT2D eigenvalue weighted by Gasteiger charge is -2.23. The summed E-state index contributed by atoms with van der Waals surface area (Å²) in [5, 5.41) is 21.1. The van der Waals surface area contributed by atoms with Crippen molar-refractivity contribution in [1.29, 1.82) is 0 Å². The van der Waals surface area contributed by atoms with E-state index < -0.39 is 18.1 Å². The van der Waals surface area contributed by atoms with Crippen molar-refractivity contribution in [2.75, 3.05) is 7.05 Å². The summed E-state index contributed by atoms with van der Waals surface area (Å²) in [6.07, 6.45) is 3.62. The second kappa shape index (κ2) is 6.56. The van der Waals surface area contributed by atoms with E-state index in [1.54, 1.807) is 0 Å². The molecule has 0 aliphatic rings. The fourth-order valence-electron chi connectivity index (χ4n) is 1.26. The Morgan fingerprint density at radius 2 is 2.14 bits per heavy atom. The minimum Gasteiger partial charge on any atom is -0.480 e. The van der Waals surface area contributed by atoms with Crippen LogP contribution < -0.4 is 5.32 Å². The molecular weight excluding hydrogens is 182 g/mol. The van der Waals surface area contributed by atoms with Crippen molar-refractivity contribution in [2.24, 2.45) is 5.92 Å². The number of nitrogens with one attached hydrogen (secondary N) is 1. The average Bonchev–Trinajstić information content (AvgIpc) is 2.14. The fourth-order valence-corrected chi connectivity index (χ4v) is 1.26. The maximum Gasteiger partial charge on any atom is 0.323 e. The van der Waals surface area contributed by atoms with E-state index in [2.05, 4.69) is 5.32 Å². The van der Waals surface area contributed by atoms with Gasteiger partial charge in [0.05, 0.1) is 6.10 Å². The molecule has 0 radical (unpaired) electrons. The zero-order valence-electron chi connectivity index (χ0n) is 8.90. The lowest BCUT2D eigenvalue weighted by Crippen LogP contribution is -2.47. The van der Waals surface area contributed by atoms with Gasteiger partial charge in [-0.1, -0.05) is 19.1 Å². The predicted molar refractivity (Wildman–Crippen MR) is 55.1 cm³/mol. The number of rotatable bonds is 6. The Bertz CT molecular complexity index is 204. The van der Waals surface area contributed by atoms with E-state index in [1.807, 2.05) is 26.0 Å². The molecule has 0 aliphatic heterocycles. The molecule has 0 saturated carbocycles. The Morgan fingerprint density at radius 3 is 2.50 bits per heavy atom. The van der Waals surface area contributed by atoms with Gasteiger partial charge in [0, 0.05) is 0 Å². The van der Waals surface area contributed by atoms with E-state index in [9.17, 15) is 9.90 Å². The van der Waals surface area contributed by atoms with Crippen LogP contribution in [-0.2, 0) is 4.79 Å². The van der Waals surface area contributed by atoms with E-state index in [1.165, 1.54) is 7.05 Å². The van der Waals surface area contributed by atoms with Crippen LogP contribution in [0.15, 0.2) is 12.2 Å². The van der Waals surface area contributed by atoms with Crippen LogP contribution in [0.1, 0.15) is 20.3 Å². The Labute approximate surface area is 84.6 Å². The van der Waals surface area contributed by atoms with Gasteiger partial charge < -0.3 is 15.5 Å². The zero-order chi connectivity index (χ0) is 11.1. The monoisotopic (exact) mass is 201 g/mol. The average molecular weight is 201 g/mol. The highest BCUT2D eigenvalue weighted by Gasteiger charge is 2.28. The number of carbonyl (C=O) groups is 1. The molecule has 3 N–H and O–H groups in total. The van der Waals surface area contributed by atoms with Gasteiger partial charge in [0.15, 0.2) is 0 Å². The van der Waals surface area contributed by atoms with Gasteiger partial charge >= 0.3 is 5.97 Å². The molecule has 4 nitrogen and oxygen atoms in total. The maximum atomic E-state index is 10.7. The number of hydrogen-bond donors (Lipinski definition) is 3. The molecule has 0 aliphatic carbocycles. The molecule has 0 rings (SSSR count). The number of carboxylic acids is 1. The fraction of sp³-hybridized carbons (Fsp3) is 0.700. The van der Waals surface area contributed by atoms with Crippen LogP contribution in [0.25, 0.3) is 0 Å². The van der Waals surface area contributed by atoms with Gasteiger partial charge in [-0.05, 0) is 26.3 Å². The standard InChI is InChI=1S/C10H19NO3/c1-4-5-6-7(2)9(12)8(11-3)10(13)14/h4-5,7-9,11-12H,6H2,1-3H3,(H,13,14)/b5-4+/t7-,8-,9+/m0/s1. The number of allylic oxidation sites excluding steroid dienone is 2. The Morgan fingerprint density at radius 1 is 1.57 bits per heavy atom. The smallest absolute Gasteiger partial charge is 0.323 e. The van der Waals surface area contributed by atoms with Crippen LogP contribution in [0.5, 0.6) is 0 Å². The molecule has 14 heavy (non-hydrogen) atoms. The summed E-state index contributed by atoms with van der Waals surface area (Å²) in [6, 6.07) is -0.893. The molecule has 82 valence electrons. The summed E-state index contributed by atoms with van der Waals surface area (Å²) in [5.74, 6) is -1.09. The quantitative estimate of drug-likeness (QED) is 0.551. The molecule has 0 saturated heterocycles.